The summed E-state index contributed by atoms with van der Waals surface area (Å²) in [4.78, 5) is 14.8. The highest BCUT2D eigenvalue weighted by Gasteiger charge is 2.25. The molecule has 0 radical (unpaired) electrons. The Morgan fingerprint density at radius 3 is 2.64 bits per heavy atom. The standard InChI is InChI=1S/C18H22N2O2/c1-20(13-7-8-13)12-11-19-18(21)16-9-10-17(22-2)15-6-4-3-5-14(15)16/h3-6,9-10,13H,7-8,11-12H2,1-2H3,(H,19,21). The summed E-state index contributed by atoms with van der Waals surface area (Å²) in [5.41, 5.74) is 0.700. The van der Waals surface area contributed by atoms with Crippen LogP contribution in [0.15, 0.2) is 36.4 Å². The largest absolute Gasteiger partial charge is 0.496 e. The van der Waals surface area contributed by atoms with Gasteiger partial charge in [0.25, 0.3) is 5.91 Å². The lowest BCUT2D eigenvalue weighted by Gasteiger charge is -2.16. The van der Waals surface area contributed by atoms with E-state index in [1.807, 2.05) is 36.4 Å². The third-order valence-corrected chi connectivity index (χ3v) is 4.27. The molecule has 1 fully saturated rings. The molecule has 2 aromatic rings. The average Bonchev–Trinajstić information content (AvgIpc) is 3.38. The van der Waals surface area contributed by atoms with Gasteiger partial charge in [0.15, 0.2) is 0 Å². The Labute approximate surface area is 131 Å². The third kappa shape index (κ3) is 3.07. The third-order valence-electron chi connectivity index (χ3n) is 4.27. The van der Waals surface area contributed by atoms with Gasteiger partial charge in [0.1, 0.15) is 5.75 Å². The number of methoxy groups -OCH3 is 1. The summed E-state index contributed by atoms with van der Waals surface area (Å²) in [5.74, 6) is 0.767. The number of nitrogens with zero attached hydrogens (tertiary/aromatic N) is 1. The molecule has 0 atom stereocenters. The highest BCUT2D eigenvalue weighted by molar-refractivity contribution is 6.08. The van der Waals surface area contributed by atoms with Crippen LogP contribution in [-0.2, 0) is 0 Å². The average molecular weight is 298 g/mol. The van der Waals surface area contributed by atoms with E-state index in [0.29, 0.717) is 12.1 Å². The molecule has 0 spiro atoms. The maximum absolute atomic E-state index is 12.5. The van der Waals surface area contributed by atoms with Crippen molar-refractivity contribution in [3.63, 3.8) is 0 Å². The second kappa shape index (κ2) is 6.36. The lowest BCUT2D eigenvalue weighted by atomic mass is 10.0. The van der Waals surface area contributed by atoms with Crippen LogP contribution in [0.2, 0.25) is 0 Å². The van der Waals surface area contributed by atoms with Crippen LogP contribution in [0.25, 0.3) is 10.8 Å². The fourth-order valence-corrected chi connectivity index (χ4v) is 2.79. The van der Waals surface area contributed by atoms with Gasteiger partial charge >= 0.3 is 0 Å². The Morgan fingerprint density at radius 2 is 1.95 bits per heavy atom. The summed E-state index contributed by atoms with van der Waals surface area (Å²) in [6, 6.07) is 12.2. The van der Waals surface area contributed by atoms with Crippen LogP contribution in [0.3, 0.4) is 0 Å². The lowest BCUT2D eigenvalue weighted by molar-refractivity contribution is 0.0951. The van der Waals surface area contributed by atoms with Crippen LogP contribution in [0.1, 0.15) is 23.2 Å². The molecule has 4 heteroatoms. The molecule has 1 amide bonds. The summed E-state index contributed by atoms with van der Waals surface area (Å²) >= 11 is 0. The topological polar surface area (TPSA) is 41.6 Å². The zero-order valence-corrected chi connectivity index (χ0v) is 13.1. The highest BCUT2D eigenvalue weighted by Crippen LogP contribution is 2.28. The van der Waals surface area contributed by atoms with Gasteiger partial charge in [0.2, 0.25) is 0 Å². The van der Waals surface area contributed by atoms with E-state index in [0.717, 1.165) is 29.1 Å². The second-order valence-corrected chi connectivity index (χ2v) is 5.83. The van der Waals surface area contributed by atoms with Crippen molar-refractivity contribution in [2.24, 2.45) is 0 Å². The van der Waals surface area contributed by atoms with Gasteiger partial charge in [0, 0.05) is 30.1 Å². The second-order valence-electron chi connectivity index (χ2n) is 5.83. The number of nitrogens with one attached hydrogen (secondary N) is 1. The van der Waals surface area contributed by atoms with Gasteiger partial charge in [-0.3, -0.25) is 4.79 Å². The van der Waals surface area contributed by atoms with E-state index in [4.69, 9.17) is 4.74 Å². The SMILES string of the molecule is COc1ccc(C(=O)NCCN(C)C2CC2)c2ccccc12. The summed E-state index contributed by atoms with van der Waals surface area (Å²) in [7, 11) is 3.77. The Balaban J connectivity index is 1.73. The molecule has 1 aliphatic rings. The molecule has 2 aromatic carbocycles. The van der Waals surface area contributed by atoms with Gasteiger partial charge in [-0.15, -0.1) is 0 Å². The van der Waals surface area contributed by atoms with Crippen molar-refractivity contribution in [2.75, 3.05) is 27.2 Å². The van der Waals surface area contributed by atoms with Crippen LogP contribution in [0, 0.1) is 0 Å². The first-order valence-electron chi connectivity index (χ1n) is 7.75. The normalized spacial score (nSPS) is 14.3. The molecule has 3 rings (SSSR count). The van der Waals surface area contributed by atoms with Crippen molar-refractivity contribution < 1.29 is 9.53 Å². The molecule has 0 saturated heterocycles. The summed E-state index contributed by atoms with van der Waals surface area (Å²) in [6.07, 6.45) is 2.57. The number of benzene rings is 2. The van der Waals surface area contributed by atoms with Gasteiger partial charge < -0.3 is 15.0 Å². The minimum absolute atomic E-state index is 0.0250. The van der Waals surface area contributed by atoms with Crippen molar-refractivity contribution >= 4 is 16.7 Å². The van der Waals surface area contributed by atoms with Crippen LogP contribution in [-0.4, -0.2) is 44.1 Å². The van der Waals surface area contributed by atoms with E-state index in [1.165, 1.54) is 12.8 Å². The molecular weight excluding hydrogens is 276 g/mol. The highest BCUT2D eigenvalue weighted by atomic mass is 16.5. The minimum Gasteiger partial charge on any atom is -0.496 e. The van der Waals surface area contributed by atoms with Crippen LogP contribution < -0.4 is 10.1 Å². The summed E-state index contributed by atoms with van der Waals surface area (Å²) < 4.78 is 5.37. The molecule has 0 aromatic heterocycles. The van der Waals surface area contributed by atoms with E-state index >= 15 is 0 Å². The number of carbonyl (C=O) groups excluding carboxylic acids is 1. The molecule has 4 nitrogen and oxygen atoms in total. The Kier molecular flexibility index (Phi) is 4.29. The first-order valence-corrected chi connectivity index (χ1v) is 7.75. The number of carbonyl (C=O) groups is 1. The Hall–Kier alpha value is -2.07. The van der Waals surface area contributed by atoms with Gasteiger partial charge in [-0.2, -0.15) is 0 Å². The van der Waals surface area contributed by atoms with Gasteiger partial charge in [-0.05, 0) is 37.4 Å². The number of likely N-dealkylation sites (N-methyl/N-ethyl adjacent to an activating group) is 1. The molecule has 0 heterocycles. The van der Waals surface area contributed by atoms with Gasteiger partial charge in [-0.25, -0.2) is 0 Å². The number of amides is 1. The van der Waals surface area contributed by atoms with Crippen LogP contribution in [0.4, 0.5) is 0 Å². The number of hydrogen-bond acceptors (Lipinski definition) is 3. The minimum atomic E-state index is -0.0250. The molecule has 0 aliphatic heterocycles. The maximum Gasteiger partial charge on any atom is 0.251 e. The van der Waals surface area contributed by atoms with Crippen molar-refractivity contribution in [3.8, 4) is 5.75 Å². The molecule has 1 aliphatic carbocycles. The first kappa shape index (κ1) is 14.9. The van der Waals surface area contributed by atoms with Crippen molar-refractivity contribution in [1.82, 2.24) is 10.2 Å². The Morgan fingerprint density at radius 1 is 1.23 bits per heavy atom. The van der Waals surface area contributed by atoms with E-state index in [1.54, 1.807) is 7.11 Å². The molecule has 22 heavy (non-hydrogen) atoms. The maximum atomic E-state index is 12.5. The molecule has 116 valence electrons. The molecule has 1 N–H and O–H groups in total. The van der Waals surface area contributed by atoms with Crippen LogP contribution in [0.5, 0.6) is 5.75 Å². The first-order chi connectivity index (χ1) is 10.7. The molecular formula is C18H22N2O2. The van der Waals surface area contributed by atoms with Crippen molar-refractivity contribution in [3.05, 3.63) is 42.0 Å². The van der Waals surface area contributed by atoms with Gasteiger partial charge in [-0.1, -0.05) is 24.3 Å². The summed E-state index contributed by atoms with van der Waals surface area (Å²) in [5, 5.41) is 4.91. The van der Waals surface area contributed by atoms with Crippen molar-refractivity contribution in [1.29, 1.82) is 0 Å². The Bertz CT molecular complexity index is 680. The molecule has 1 saturated carbocycles. The zero-order valence-electron chi connectivity index (χ0n) is 13.1. The summed E-state index contributed by atoms with van der Waals surface area (Å²) in [6.45, 7) is 1.57. The number of ether oxygens (including phenoxy) is 1. The quantitative estimate of drug-likeness (QED) is 0.891. The monoisotopic (exact) mass is 298 g/mol. The van der Waals surface area contributed by atoms with Crippen molar-refractivity contribution in [2.45, 2.75) is 18.9 Å². The predicted molar refractivity (Wildman–Crippen MR) is 88.5 cm³/mol. The zero-order chi connectivity index (χ0) is 15.5. The smallest absolute Gasteiger partial charge is 0.251 e. The number of hydrogen-bond donors (Lipinski definition) is 1. The van der Waals surface area contributed by atoms with Crippen LogP contribution >= 0.6 is 0 Å². The number of fused-ring (bicyclic) bond motifs is 1. The van der Waals surface area contributed by atoms with E-state index < -0.39 is 0 Å². The molecule has 0 bridgehead atoms. The fourth-order valence-electron chi connectivity index (χ4n) is 2.79. The number of rotatable bonds is 6. The predicted octanol–water partition coefficient (Wildman–Crippen LogP) is 2.67. The molecule has 0 unspecified atom stereocenters. The van der Waals surface area contributed by atoms with E-state index in [9.17, 15) is 4.79 Å². The van der Waals surface area contributed by atoms with E-state index in [-0.39, 0.29) is 5.91 Å². The van der Waals surface area contributed by atoms with Gasteiger partial charge in [0.05, 0.1) is 7.11 Å². The van der Waals surface area contributed by atoms with E-state index in [2.05, 4.69) is 17.3 Å². The lowest BCUT2D eigenvalue weighted by Crippen LogP contribution is -2.34. The fraction of sp³-hybridized carbons (Fsp3) is 0.389.